The molecule has 1 aliphatic carbocycles. The molecule has 1 heterocycles. The quantitative estimate of drug-likeness (QED) is 0.851. The lowest BCUT2D eigenvalue weighted by atomic mass is 9.89. The van der Waals surface area contributed by atoms with Crippen molar-refractivity contribution in [3.05, 3.63) is 17.3 Å². The monoisotopic (exact) mass is 222 g/mol. The maximum Gasteiger partial charge on any atom is 0.197 e. The summed E-state index contributed by atoms with van der Waals surface area (Å²) in [5.41, 5.74) is 1.08. The maximum absolute atomic E-state index is 5.90. The molecule has 0 unspecified atom stereocenters. The molecule has 0 radical (unpaired) electrons. The number of hydrogen-bond donors (Lipinski definition) is 1. The van der Waals surface area contributed by atoms with Crippen LogP contribution in [0.1, 0.15) is 55.4 Å². The Morgan fingerprint density at radius 2 is 2.06 bits per heavy atom. The molecule has 1 fully saturated rings. The highest BCUT2D eigenvalue weighted by atomic mass is 16.4. The Hall–Kier alpha value is -0.830. The topological polar surface area (TPSA) is 38.1 Å². The van der Waals surface area contributed by atoms with Crippen LogP contribution in [0.2, 0.25) is 0 Å². The third-order valence-electron chi connectivity index (χ3n) is 3.47. The predicted octanol–water partition coefficient (Wildman–Crippen LogP) is 2.79. The molecule has 3 heteroatoms. The Labute approximate surface area is 97.6 Å². The number of likely N-dealkylation sites (N-methyl/N-ethyl adjacent to an activating group) is 1. The van der Waals surface area contributed by atoms with Crippen molar-refractivity contribution in [2.45, 2.75) is 51.4 Å². The lowest BCUT2D eigenvalue weighted by molar-refractivity contribution is 0.351. The number of aryl methyl sites for hydroxylation is 1. The van der Waals surface area contributed by atoms with Crippen molar-refractivity contribution in [3.63, 3.8) is 0 Å². The van der Waals surface area contributed by atoms with Gasteiger partial charge in [0.2, 0.25) is 0 Å². The maximum atomic E-state index is 5.90. The zero-order valence-corrected chi connectivity index (χ0v) is 10.4. The van der Waals surface area contributed by atoms with Crippen LogP contribution in [0.25, 0.3) is 0 Å². The molecule has 1 aliphatic rings. The van der Waals surface area contributed by atoms with Crippen LogP contribution in [0, 0.1) is 6.92 Å². The van der Waals surface area contributed by atoms with Crippen LogP contribution in [0.15, 0.2) is 4.42 Å². The second-order valence-corrected chi connectivity index (χ2v) is 4.75. The van der Waals surface area contributed by atoms with E-state index in [1.165, 1.54) is 32.1 Å². The van der Waals surface area contributed by atoms with E-state index in [1.807, 2.05) is 7.05 Å². The average molecular weight is 222 g/mol. The van der Waals surface area contributed by atoms with Crippen molar-refractivity contribution in [1.29, 1.82) is 0 Å². The number of hydrogen-bond acceptors (Lipinski definition) is 3. The minimum atomic E-state index is 0.579. The molecule has 1 aromatic rings. The molecular weight excluding hydrogens is 200 g/mol. The summed E-state index contributed by atoms with van der Waals surface area (Å²) in [4.78, 5) is 4.59. The summed E-state index contributed by atoms with van der Waals surface area (Å²) in [6, 6.07) is 0. The summed E-state index contributed by atoms with van der Waals surface area (Å²) in [7, 11) is 1.97. The number of rotatable bonds is 4. The molecule has 0 saturated heterocycles. The average Bonchev–Trinajstić information content (AvgIpc) is 2.69. The van der Waals surface area contributed by atoms with Crippen LogP contribution in [0.4, 0.5) is 0 Å². The molecule has 2 rings (SSSR count). The van der Waals surface area contributed by atoms with Gasteiger partial charge < -0.3 is 9.73 Å². The highest BCUT2D eigenvalue weighted by Gasteiger charge is 2.21. The zero-order valence-electron chi connectivity index (χ0n) is 10.4. The van der Waals surface area contributed by atoms with Gasteiger partial charge in [0.15, 0.2) is 5.89 Å². The standard InChI is InChI=1S/C13H22N2O/c1-10-12(8-9-14-2)16-13(15-10)11-6-4-3-5-7-11/h11,14H,3-9H2,1-2H3. The number of aromatic nitrogens is 1. The highest BCUT2D eigenvalue weighted by Crippen LogP contribution is 2.32. The van der Waals surface area contributed by atoms with E-state index < -0.39 is 0 Å². The van der Waals surface area contributed by atoms with Gasteiger partial charge in [0.05, 0.1) is 5.69 Å². The molecule has 1 saturated carbocycles. The SMILES string of the molecule is CNCCc1oc(C2CCCCC2)nc1C. The van der Waals surface area contributed by atoms with Crippen molar-refractivity contribution in [2.24, 2.45) is 0 Å². The van der Waals surface area contributed by atoms with Crippen molar-refractivity contribution < 1.29 is 4.42 Å². The van der Waals surface area contributed by atoms with Gasteiger partial charge in [-0.1, -0.05) is 19.3 Å². The van der Waals surface area contributed by atoms with Crippen LogP contribution in [0.3, 0.4) is 0 Å². The Kier molecular flexibility index (Phi) is 3.99. The number of oxazole rings is 1. The first-order chi connectivity index (χ1) is 7.81. The largest absolute Gasteiger partial charge is 0.445 e. The lowest BCUT2D eigenvalue weighted by Gasteiger charge is -2.17. The molecule has 16 heavy (non-hydrogen) atoms. The zero-order chi connectivity index (χ0) is 11.4. The Bertz CT molecular complexity index is 327. The molecule has 0 aromatic carbocycles. The van der Waals surface area contributed by atoms with E-state index in [4.69, 9.17) is 4.42 Å². The molecule has 0 aliphatic heterocycles. The first kappa shape index (κ1) is 11.6. The van der Waals surface area contributed by atoms with Gasteiger partial charge in [-0.2, -0.15) is 0 Å². The summed E-state index contributed by atoms with van der Waals surface area (Å²) in [5, 5.41) is 3.14. The highest BCUT2D eigenvalue weighted by molar-refractivity contribution is 5.10. The van der Waals surface area contributed by atoms with E-state index in [0.717, 1.165) is 30.3 Å². The van der Waals surface area contributed by atoms with Crippen LogP contribution >= 0.6 is 0 Å². The summed E-state index contributed by atoms with van der Waals surface area (Å²) in [6.45, 7) is 3.01. The third-order valence-corrected chi connectivity index (χ3v) is 3.47. The van der Waals surface area contributed by atoms with E-state index >= 15 is 0 Å². The molecule has 0 bridgehead atoms. The fourth-order valence-electron chi connectivity index (χ4n) is 2.45. The smallest absolute Gasteiger partial charge is 0.197 e. The fourth-order valence-corrected chi connectivity index (χ4v) is 2.45. The van der Waals surface area contributed by atoms with Gasteiger partial charge in [0, 0.05) is 18.9 Å². The number of nitrogens with zero attached hydrogens (tertiary/aromatic N) is 1. The van der Waals surface area contributed by atoms with Gasteiger partial charge in [0.1, 0.15) is 5.76 Å². The molecule has 0 spiro atoms. The Balaban J connectivity index is 2.03. The van der Waals surface area contributed by atoms with Crippen LogP contribution in [-0.4, -0.2) is 18.6 Å². The van der Waals surface area contributed by atoms with Crippen LogP contribution in [-0.2, 0) is 6.42 Å². The van der Waals surface area contributed by atoms with E-state index in [0.29, 0.717) is 5.92 Å². The Morgan fingerprint density at radius 3 is 2.75 bits per heavy atom. The van der Waals surface area contributed by atoms with Crippen molar-refractivity contribution >= 4 is 0 Å². The summed E-state index contributed by atoms with van der Waals surface area (Å²) in [6.07, 6.45) is 7.50. The van der Waals surface area contributed by atoms with Crippen molar-refractivity contribution in [3.8, 4) is 0 Å². The first-order valence-electron chi connectivity index (χ1n) is 6.42. The van der Waals surface area contributed by atoms with E-state index in [1.54, 1.807) is 0 Å². The van der Waals surface area contributed by atoms with Crippen LogP contribution in [0.5, 0.6) is 0 Å². The second-order valence-electron chi connectivity index (χ2n) is 4.75. The molecule has 0 atom stereocenters. The summed E-state index contributed by atoms with van der Waals surface area (Å²) in [5.74, 6) is 2.63. The molecule has 1 N–H and O–H groups in total. The molecule has 0 amide bonds. The fraction of sp³-hybridized carbons (Fsp3) is 0.769. The summed E-state index contributed by atoms with van der Waals surface area (Å²) >= 11 is 0. The molecular formula is C13H22N2O. The number of nitrogens with one attached hydrogen (secondary N) is 1. The van der Waals surface area contributed by atoms with Gasteiger partial charge in [-0.25, -0.2) is 4.98 Å². The van der Waals surface area contributed by atoms with Crippen molar-refractivity contribution in [2.75, 3.05) is 13.6 Å². The van der Waals surface area contributed by atoms with Gasteiger partial charge in [-0.05, 0) is 26.8 Å². The van der Waals surface area contributed by atoms with E-state index in [-0.39, 0.29) is 0 Å². The normalized spacial score (nSPS) is 17.9. The molecule has 90 valence electrons. The lowest BCUT2D eigenvalue weighted by Crippen LogP contribution is -2.10. The van der Waals surface area contributed by atoms with Gasteiger partial charge >= 0.3 is 0 Å². The van der Waals surface area contributed by atoms with Gasteiger partial charge in [-0.15, -0.1) is 0 Å². The first-order valence-corrected chi connectivity index (χ1v) is 6.42. The Morgan fingerprint density at radius 1 is 1.31 bits per heavy atom. The summed E-state index contributed by atoms with van der Waals surface area (Å²) < 4.78 is 5.90. The molecule has 1 aromatic heterocycles. The minimum Gasteiger partial charge on any atom is -0.445 e. The second kappa shape index (κ2) is 5.48. The van der Waals surface area contributed by atoms with Gasteiger partial charge in [-0.3, -0.25) is 0 Å². The van der Waals surface area contributed by atoms with Gasteiger partial charge in [0.25, 0.3) is 0 Å². The van der Waals surface area contributed by atoms with Crippen molar-refractivity contribution in [1.82, 2.24) is 10.3 Å². The molecule has 3 nitrogen and oxygen atoms in total. The van der Waals surface area contributed by atoms with E-state index in [9.17, 15) is 0 Å². The third kappa shape index (κ3) is 2.64. The van der Waals surface area contributed by atoms with Crippen LogP contribution < -0.4 is 5.32 Å². The van der Waals surface area contributed by atoms with E-state index in [2.05, 4.69) is 17.2 Å². The predicted molar refractivity (Wildman–Crippen MR) is 64.7 cm³/mol. The minimum absolute atomic E-state index is 0.579.